The van der Waals surface area contributed by atoms with Crippen molar-refractivity contribution in [3.05, 3.63) is 138 Å². The van der Waals surface area contributed by atoms with E-state index >= 15 is 0 Å². The molecule has 0 heterocycles. The summed E-state index contributed by atoms with van der Waals surface area (Å²) in [5.74, 6) is -1.10. The van der Waals surface area contributed by atoms with Crippen molar-refractivity contribution in [3.8, 4) is 0 Å². The summed E-state index contributed by atoms with van der Waals surface area (Å²) in [6.45, 7) is -0.0365. The van der Waals surface area contributed by atoms with Gasteiger partial charge in [-0.15, -0.1) is 0 Å². The van der Waals surface area contributed by atoms with Crippen LogP contribution in [0.2, 0.25) is 10.0 Å². The van der Waals surface area contributed by atoms with E-state index in [1.165, 1.54) is 34.1 Å². The highest BCUT2D eigenvalue weighted by atomic mass is 35.5. The predicted octanol–water partition coefficient (Wildman–Crippen LogP) is 6.80. The number of carbonyl (C=O) groups is 2. The van der Waals surface area contributed by atoms with E-state index in [0.717, 1.165) is 12.1 Å². The average molecular weight is 579 g/mol. The number of hydrogen-bond donors (Lipinski definition) is 0. The smallest absolute Gasteiger partial charge is 0.288 e. The van der Waals surface area contributed by atoms with Gasteiger partial charge in [0, 0.05) is 47.7 Å². The molecular weight excluding hydrogens is 559 g/mol. The molecule has 0 aliphatic heterocycles. The number of hydrogen-bond acceptors (Lipinski definition) is 6. The molecule has 0 saturated heterocycles. The van der Waals surface area contributed by atoms with E-state index < -0.39 is 33.0 Å². The lowest BCUT2D eigenvalue weighted by atomic mass is 10.1. The molecule has 0 saturated carbocycles. The van der Waals surface area contributed by atoms with Gasteiger partial charge >= 0.3 is 0 Å². The number of para-hydroxylation sites is 2. The van der Waals surface area contributed by atoms with E-state index in [0.29, 0.717) is 11.4 Å². The summed E-state index contributed by atoms with van der Waals surface area (Å²) in [5.41, 5.74) is 0.231. The monoisotopic (exact) mass is 578 g/mol. The molecule has 0 atom stereocenters. The van der Waals surface area contributed by atoms with Gasteiger partial charge in [-0.2, -0.15) is 0 Å². The number of amides is 2. The van der Waals surface area contributed by atoms with Crippen LogP contribution < -0.4 is 9.80 Å². The Morgan fingerprint density at radius 2 is 0.950 bits per heavy atom. The van der Waals surface area contributed by atoms with E-state index in [1.54, 1.807) is 60.7 Å². The van der Waals surface area contributed by atoms with Crippen molar-refractivity contribution in [1.82, 2.24) is 0 Å². The number of carbonyl (C=O) groups excluding carboxylic acids is 2. The SMILES string of the molecule is O=C(c1ccc(Cl)c([N+](=O)[O-])c1)N(CCN(C(=O)c1ccc(Cl)c([N+](=O)[O-])c1)c1ccccc1)c1ccccc1. The molecule has 0 unspecified atom stereocenters. The summed E-state index contributed by atoms with van der Waals surface area (Å²) >= 11 is 11.9. The van der Waals surface area contributed by atoms with Crippen LogP contribution in [0.15, 0.2) is 97.1 Å². The maximum atomic E-state index is 13.6. The van der Waals surface area contributed by atoms with Gasteiger partial charge in [0.2, 0.25) is 0 Å². The normalized spacial score (nSPS) is 10.6. The van der Waals surface area contributed by atoms with E-state index in [1.807, 2.05) is 0 Å². The van der Waals surface area contributed by atoms with Crippen LogP contribution in [-0.2, 0) is 0 Å². The minimum absolute atomic E-state index is 0.0183. The van der Waals surface area contributed by atoms with Crippen LogP contribution in [0.25, 0.3) is 0 Å². The van der Waals surface area contributed by atoms with Crippen molar-refractivity contribution >= 4 is 57.8 Å². The molecule has 202 valence electrons. The minimum Gasteiger partial charge on any atom is -0.307 e. The third kappa shape index (κ3) is 6.25. The number of nitrogens with zero attached hydrogens (tertiary/aromatic N) is 4. The molecule has 4 rings (SSSR count). The lowest BCUT2D eigenvalue weighted by Gasteiger charge is -2.28. The molecule has 0 N–H and O–H groups in total. The van der Waals surface area contributed by atoms with Gasteiger partial charge in [-0.3, -0.25) is 29.8 Å². The molecule has 0 aromatic heterocycles. The second-order valence-electron chi connectivity index (χ2n) is 8.43. The lowest BCUT2D eigenvalue weighted by Crippen LogP contribution is -2.41. The Morgan fingerprint density at radius 1 is 0.600 bits per heavy atom. The van der Waals surface area contributed by atoms with E-state index in [4.69, 9.17) is 23.2 Å². The fraction of sp³-hybridized carbons (Fsp3) is 0.0714. The van der Waals surface area contributed by atoms with Gasteiger partial charge in [0.1, 0.15) is 10.0 Å². The maximum absolute atomic E-state index is 13.6. The van der Waals surface area contributed by atoms with Gasteiger partial charge in [0.15, 0.2) is 0 Å². The van der Waals surface area contributed by atoms with Crippen molar-refractivity contribution in [2.24, 2.45) is 0 Å². The van der Waals surface area contributed by atoms with Crippen LogP contribution in [-0.4, -0.2) is 34.8 Å². The minimum atomic E-state index is -0.674. The zero-order valence-electron chi connectivity index (χ0n) is 20.6. The molecule has 4 aromatic rings. The number of rotatable bonds is 9. The summed E-state index contributed by atoms with van der Waals surface area (Å²) < 4.78 is 0. The van der Waals surface area contributed by atoms with Gasteiger partial charge in [-0.05, 0) is 48.5 Å². The molecule has 10 nitrogen and oxygen atoms in total. The Labute approximate surface area is 238 Å². The first-order valence-electron chi connectivity index (χ1n) is 11.8. The summed E-state index contributed by atoms with van der Waals surface area (Å²) in [7, 11) is 0. The first kappa shape index (κ1) is 28.2. The van der Waals surface area contributed by atoms with Gasteiger partial charge < -0.3 is 9.80 Å². The Morgan fingerprint density at radius 3 is 1.27 bits per heavy atom. The van der Waals surface area contributed by atoms with Crippen LogP contribution in [0, 0.1) is 20.2 Å². The number of nitro groups is 2. The number of nitro benzene ring substituents is 2. The second kappa shape index (κ2) is 12.4. The molecule has 12 heteroatoms. The van der Waals surface area contributed by atoms with Crippen molar-refractivity contribution in [3.63, 3.8) is 0 Å². The molecule has 40 heavy (non-hydrogen) atoms. The topological polar surface area (TPSA) is 127 Å². The van der Waals surface area contributed by atoms with Crippen molar-refractivity contribution < 1.29 is 19.4 Å². The molecule has 0 spiro atoms. The van der Waals surface area contributed by atoms with Crippen molar-refractivity contribution in [1.29, 1.82) is 0 Å². The van der Waals surface area contributed by atoms with Gasteiger partial charge in [-0.25, -0.2) is 0 Å². The van der Waals surface area contributed by atoms with Crippen LogP contribution in [0.3, 0.4) is 0 Å². The highest BCUT2D eigenvalue weighted by molar-refractivity contribution is 6.33. The quantitative estimate of drug-likeness (QED) is 0.158. The summed E-state index contributed by atoms with van der Waals surface area (Å²) in [5, 5.41) is 22.6. The third-order valence-electron chi connectivity index (χ3n) is 5.95. The summed E-state index contributed by atoms with van der Waals surface area (Å²) in [6.07, 6.45) is 0. The van der Waals surface area contributed by atoms with E-state index in [-0.39, 0.29) is 34.3 Å². The van der Waals surface area contributed by atoms with Crippen molar-refractivity contribution in [2.45, 2.75) is 0 Å². The fourth-order valence-electron chi connectivity index (χ4n) is 3.99. The Bertz CT molecular complexity index is 1470. The molecule has 4 aromatic carbocycles. The molecule has 2 amide bonds. The highest BCUT2D eigenvalue weighted by Gasteiger charge is 2.26. The van der Waals surface area contributed by atoms with E-state index in [9.17, 15) is 29.8 Å². The maximum Gasteiger partial charge on any atom is 0.288 e. The lowest BCUT2D eigenvalue weighted by molar-refractivity contribution is -0.384. The molecule has 0 aliphatic carbocycles. The fourth-order valence-corrected chi connectivity index (χ4v) is 4.37. The van der Waals surface area contributed by atoms with E-state index in [2.05, 4.69) is 0 Å². The van der Waals surface area contributed by atoms with Crippen LogP contribution >= 0.6 is 23.2 Å². The number of halogens is 2. The average Bonchev–Trinajstić information content (AvgIpc) is 2.96. The molecule has 0 radical (unpaired) electrons. The first-order valence-corrected chi connectivity index (χ1v) is 12.5. The Hall–Kier alpha value is -4.80. The summed E-state index contributed by atoms with van der Waals surface area (Å²) in [6, 6.07) is 24.8. The number of anilines is 2. The summed E-state index contributed by atoms with van der Waals surface area (Å²) in [4.78, 5) is 51.5. The Balaban J connectivity index is 1.71. The largest absolute Gasteiger partial charge is 0.307 e. The second-order valence-corrected chi connectivity index (χ2v) is 9.25. The van der Waals surface area contributed by atoms with Gasteiger partial charge in [-0.1, -0.05) is 59.6 Å². The zero-order valence-corrected chi connectivity index (χ0v) is 22.2. The molecule has 0 bridgehead atoms. The molecule has 0 aliphatic rings. The molecular formula is C28H20Cl2N4O6. The zero-order chi connectivity index (χ0) is 28.8. The van der Waals surface area contributed by atoms with Crippen LogP contribution in [0.4, 0.5) is 22.7 Å². The highest BCUT2D eigenvalue weighted by Crippen LogP contribution is 2.29. The first-order chi connectivity index (χ1) is 19.2. The predicted molar refractivity (Wildman–Crippen MR) is 152 cm³/mol. The molecule has 0 fully saturated rings. The Kier molecular flexibility index (Phi) is 8.73. The van der Waals surface area contributed by atoms with Gasteiger partial charge in [0.05, 0.1) is 9.85 Å². The van der Waals surface area contributed by atoms with Gasteiger partial charge in [0.25, 0.3) is 23.2 Å². The van der Waals surface area contributed by atoms with Crippen molar-refractivity contribution in [2.75, 3.05) is 22.9 Å². The van der Waals surface area contributed by atoms with Crippen LogP contribution in [0.5, 0.6) is 0 Å². The standard InChI is InChI=1S/C28H20Cl2N4O6/c29-23-13-11-19(17-25(23)33(37)38)27(35)31(21-7-3-1-4-8-21)15-16-32(22-9-5-2-6-10-22)28(36)20-12-14-24(30)26(18-20)34(39)40/h1-14,17-18H,15-16H2. The number of benzene rings is 4. The third-order valence-corrected chi connectivity index (χ3v) is 6.59. The van der Waals surface area contributed by atoms with Crippen LogP contribution in [0.1, 0.15) is 20.7 Å².